The Hall–Kier alpha value is -2.50. The summed E-state index contributed by atoms with van der Waals surface area (Å²) in [6.07, 6.45) is 3.14. The zero-order chi connectivity index (χ0) is 22.1. The summed E-state index contributed by atoms with van der Waals surface area (Å²) < 4.78 is 11.4. The summed E-state index contributed by atoms with van der Waals surface area (Å²) in [5, 5.41) is 3.44. The van der Waals surface area contributed by atoms with E-state index >= 15 is 0 Å². The van der Waals surface area contributed by atoms with Crippen molar-refractivity contribution in [2.24, 2.45) is 0 Å². The molecule has 0 bridgehead atoms. The Morgan fingerprint density at radius 1 is 1.10 bits per heavy atom. The van der Waals surface area contributed by atoms with Crippen molar-refractivity contribution in [3.8, 4) is 11.5 Å². The lowest BCUT2D eigenvalue weighted by atomic mass is 10.2. The van der Waals surface area contributed by atoms with Gasteiger partial charge in [-0.25, -0.2) is 0 Å². The molecule has 0 radical (unpaired) electrons. The number of hydrogen-bond donors (Lipinski definition) is 1. The van der Waals surface area contributed by atoms with E-state index in [1.54, 1.807) is 37.5 Å². The van der Waals surface area contributed by atoms with Crippen molar-refractivity contribution in [1.29, 1.82) is 0 Å². The molecule has 0 unspecified atom stereocenters. The Balaban J connectivity index is 2.02. The molecule has 0 aliphatic carbocycles. The first-order chi connectivity index (χ1) is 14.3. The predicted molar refractivity (Wildman–Crippen MR) is 125 cm³/mol. The van der Waals surface area contributed by atoms with Crippen LogP contribution in [0.5, 0.6) is 11.5 Å². The van der Waals surface area contributed by atoms with Crippen LogP contribution in [0.15, 0.2) is 48.5 Å². The Kier molecular flexibility index (Phi) is 9.21. The number of rotatable bonds is 10. The predicted octanol–water partition coefficient (Wildman–Crippen LogP) is 5.50. The number of hydrogen-bond acceptors (Lipinski definition) is 4. The Bertz CT molecular complexity index is 857. The largest absolute Gasteiger partial charge is 0.493 e. The van der Waals surface area contributed by atoms with Crippen LogP contribution in [-0.4, -0.2) is 43.2 Å². The van der Waals surface area contributed by atoms with Gasteiger partial charge in [0.2, 0.25) is 5.91 Å². The van der Waals surface area contributed by atoms with E-state index in [9.17, 15) is 4.79 Å². The van der Waals surface area contributed by atoms with Crippen molar-refractivity contribution < 1.29 is 14.3 Å². The van der Waals surface area contributed by atoms with Gasteiger partial charge in [-0.3, -0.25) is 9.69 Å². The molecule has 0 saturated carbocycles. The number of carbonyl (C=O) groups is 1. The summed E-state index contributed by atoms with van der Waals surface area (Å²) in [5.41, 5.74) is 1.41. The van der Waals surface area contributed by atoms with Gasteiger partial charge < -0.3 is 14.8 Å². The van der Waals surface area contributed by atoms with Crippen molar-refractivity contribution >= 4 is 29.3 Å². The molecule has 0 spiro atoms. The summed E-state index contributed by atoms with van der Waals surface area (Å²) in [5.74, 6) is 0.968. The molecule has 30 heavy (non-hydrogen) atoms. The van der Waals surface area contributed by atoms with Crippen molar-refractivity contribution in [2.45, 2.75) is 39.8 Å². The number of amides is 1. The normalized spacial score (nSPS) is 11.5. The molecule has 5 nitrogen and oxygen atoms in total. The fourth-order valence-electron chi connectivity index (χ4n) is 3.20. The molecule has 0 atom stereocenters. The Morgan fingerprint density at radius 3 is 2.43 bits per heavy atom. The lowest BCUT2D eigenvalue weighted by Gasteiger charge is -2.30. The smallest absolute Gasteiger partial charge is 0.248 e. The quantitative estimate of drug-likeness (QED) is 0.506. The molecule has 6 heteroatoms. The average Bonchev–Trinajstić information content (AvgIpc) is 2.70. The molecule has 0 fully saturated rings. The Morgan fingerprint density at radius 2 is 1.80 bits per heavy atom. The minimum Gasteiger partial charge on any atom is -0.493 e. The molecule has 1 amide bonds. The Labute approximate surface area is 184 Å². The highest BCUT2D eigenvalue weighted by molar-refractivity contribution is 6.32. The van der Waals surface area contributed by atoms with Crippen molar-refractivity contribution in [3.63, 3.8) is 0 Å². The van der Waals surface area contributed by atoms with E-state index < -0.39 is 0 Å². The molecule has 0 aliphatic heterocycles. The van der Waals surface area contributed by atoms with Gasteiger partial charge in [-0.05, 0) is 57.5 Å². The number of ether oxygens (including phenoxy) is 2. The second-order valence-corrected chi connectivity index (χ2v) is 7.89. The third-order valence-corrected chi connectivity index (χ3v) is 5.03. The van der Waals surface area contributed by atoms with Crippen LogP contribution in [0.2, 0.25) is 5.02 Å². The number of anilines is 1. The molecular formula is C24H31ClN2O3. The minimum absolute atomic E-state index is 0.253. The molecule has 2 aromatic rings. The van der Waals surface area contributed by atoms with Gasteiger partial charge in [0.15, 0.2) is 11.5 Å². The molecule has 2 aromatic carbocycles. The maximum Gasteiger partial charge on any atom is 0.248 e. The van der Waals surface area contributed by atoms with Crippen molar-refractivity contribution in [1.82, 2.24) is 4.90 Å². The summed E-state index contributed by atoms with van der Waals surface area (Å²) >= 11 is 6.11. The fourth-order valence-corrected chi connectivity index (χ4v) is 3.40. The monoisotopic (exact) mass is 430 g/mol. The topological polar surface area (TPSA) is 50.8 Å². The van der Waals surface area contributed by atoms with Crippen LogP contribution in [-0.2, 0) is 4.79 Å². The van der Waals surface area contributed by atoms with Crippen LogP contribution in [0.4, 0.5) is 5.69 Å². The highest BCUT2D eigenvalue weighted by atomic mass is 35.5. The maximum atomic E-state index is 12.3. The van der Waals surface area contributed by atoms with Crippen LogP contribution in [0, 0.1) is 0 Å². The SMILES string of the molecule is COc1ccc(NC(=O)C=Cc2ccccc2Cl)cc1OCCN(C(C)C)C(C)C. The van der Waals surface area contributed by atoms with E-state index in [2.05, 4.69) is 37.9 Å². The van der Waals surface area contributed by atoms with Crippen LogP contribution in [0.1, 0.15) is 33.3 Å². The zero-order valence-electron chi connectivity index (χ0n) is 18.3. The fraction of sp³-hybridized carbons (Fsp3) is 0.375. The van der Waals surface area contributed by atoms with Gasteiger partial charge in [0.1, 0.15) is 6.61 Å². The molecule has 0 heterocycles. The number of nitrogens with zero attached hydrogens (tertiary/aromatic N) is 1. The second-order valence-electron chi connectivity index (χ2n) is 7.48. The second kappa shape index (κ2) is 11.6. The first-order valence-corrected chi connectivity index (χ1v) is 10.5. The third-order valence-electron chi connectivity index (χ3n) is 4.68. The first-order valence-electron chi connectivity index (χ1n) is 10.1. The molecule has 1 N–H and O–H groups in total. The van der Waals surface area contributed by atoms with Crippen LogP contribution < -0.4 is 14.8 Å². The zero-order valence-corrected chi connectivity index (χ0v) is 19.1. The number of halogens is 1. The number of methoxy groups -OCH3 is 1. The lowest BCUT2D eigenvalue weighted by molar-refractivity contribution is -0.111. The minimum atomic E-state index is -0.253. The number of carbonyl (C=O) groups excluding carboxylic acids is 1. The van der Waals surface area contributed by atoms with Gasteiger partial charge in [0.25, 0.3) is 0 Å². The van der Waals surface area contributed by atoms with Gasteiger partial charge >= 0.3 is 0 Å². The van der Waals surface area contributed by atoms with E-state index in [0.717, 1.165) is 12.1 Å². The summed E-state index contributed by atoms with van der Waals surface area (Å²) in [4.78, 5) is 14.7. The van der Waals surface area contributed by atoms with E-state index in [1.165, 1.54) is 6.08 Å². The van der Waals surface area contributed by atoms with Gasteiger partial charge in [-0.2, -0.15) is 0 Å². The first kappa shape index (κ1) is 23.8. The van der Waals surface area contributed by atoms with Crippen LogP contribution in [0.25, 0.3) is 6.08 Å². The van der Waals surface area contributed by atoms with Crippen molar-refractivity contribution in [2.75, 3.05) is 25.6 Å². The summed E-state index contributed by atoms with van der Waals surface area (Å²) in [6, 6.07) is 13.6. The highest BCUT2D eigenvalue weighted by Gasteiger charge is 2.14. The van der Waals surface area contributed by atoms with Crippen LogP contribution in [0.3, 0.4) is 0 Å². The standard InChI is InChI=1S/C24H31ClN2O3/c1-17(2)27(18(3)4)14-15-30-23-16-20(11-12-22(23)29-5)26-24(28)13-10-19-8-6-7-9-21(19)25/h6-13,16-18H,14-15H2,1-5H3,(H,26,28). The van der Waals surface area contributed by atoms with Gasteiger partial charge in [0, 0.05) is 41.5 Å². The summed E-state index contributed by atoms with van der Waals surface area (Å²) in [6.45, 7) is 10.0. The number of nitrogens with one attached hydrogen (secondary N) is 1. The molecule has 0 aromatic heterocycles. The van der Waals surface area contributed by atoms with E-state index in [4.69, 9.17) is 21.1 Å². The van der Waals surface area contributed by atoms with Crippen LogP contribution >= 0.6 is 11.6 Å². The van der Waals surface area contributed by atoms with E-state index in [-0.39, 0.29) is 5.91 Å². The maximum absolute atomic E-state index is 12.3. The number of benzene rings is 2. The lowest BCUT2D eigenvalue weighted by Crippen LogP contribution is -2.39. The molecule has 0 saturated heterocycles. The third kappa shape index (κ3) is 7.08. The molecule has 0 aliphatic rings. The van der Waals surface area contributed by atoms with Gasteiger partial charge in [0.05, 0.1) is 7.11 Å². The molecule has 162 valence electrons. The van der Waals surface area contributed by atoms with E-state index in [1.807, 2.05) is 18.2 Å². The van der Waals surface area contributed by atoms with Gasteiger partial charge in [-0.15, -0.1) is 0 Å². The van der Waals surface area contributed by atoms with Crippen molar-refractivity contribution in [3.05, 3.63) is 59.1 Å². The summed E-state index contributed by atoms with van der Waals surface area (Å²) in [7, 11) is 1.60. The van der Waals surface area contributed by atoms with Gasteiger partial charge in [-0.1, -0.05) is 29.8 Å². The molecular weight excluding hydrogens is 400 g/mol. The average molecular weight is 431 g/mol. The molecule has 2 rings (SSSR count). The van der Waals surface area contributed by atoms with E-state index in [0.29, 0.717) is 40.9 Å². The highest BCUT2D eigenvalue weighted by Crippen LogP contribution is 2.30.